The zero-order valence-electron chi connectivity index (χ0n) is 11.6. The van der Waals surface area contributed by atoms with E-state index in [2.05, 4.69) is 30.3 Å². The van der Waals surface area contributed by atoms with Gasteiger partial charge in [-0.25, -0.2) is 0 Å². The van der Waals surface area contributed by atoms with E-state index in [1.165, 1.54) is 37.7 Å². The average molecular weight is 260 g/mol. The molecule has 0 spiro atoms. The van der Waals surface area contributed by atoms with Gasteiger partial charge in [-0.1, -0.05) is 30.3 Å². The number of benzene rings is 1. The van der Waals surface area contributed by atoms with Crippen LogP contribution in [0, 0.1) is 5.92 Å². The summed E-state index contributed by atoms with van der Waals surface area (Å²) in [5.74, 6) is 1.67. The molecule has 2 fully saturated rings. The van der Waals surface area contributed by atoms with Crippen LogP contribution in [-0.4, -0.2) is 19.5 Å². The summed E-state index contributed by atoms with van der Waals surface area (Å²) >= 11 is 0. The Morgan fingerprint density at radius 2 is 1.53 bits per heavy atom. The van der Waals surface area contributed by atoms with Crippen molar-refractivity contribution in [1.82, 2.24) is 0 Å². The maximum atomic E-state index is 5.51. The zero-order chi connectivity index (χ0) is 12.9. The molecular formula is C17H24O2. The molecule has 0 unspecified atom stereocenters. The van der Waals surface area contributed by atoms with Crippen LogP contribution in [0.1, 0.15) is 50.0 Å². The SMILES string of the molecule is c1ccc(C2CCC(CCC3OCCO3)CC2)cc1. The zero-order valence-corrected chi connectivity index (χ0v) is 11.6. The third-order valence-electron chi connectivity index (χ3n) is 4.62. The Hall–Kier alpha value is -0.860. The number of hydrogen-bond acceptors (Lipinski definition) is 2. The van der Waals surface area contributed by atoms with Crippen molar-refractivity contribution in [3.05, 3.63) is 35.9 Å². The Morgan fingerprint density at radius 3 is 2.21 bits per heavy atom. The van der Waals surface area contributed by atoms with E-state index < -0.39 is 0 Å². The lowest BCUT2D eigenvalue weighted by molar-refractivity contribution is -0.0509. The lowest BCUT2D eigenvalue weighted by atomic mass is 9.77. The monoisotopic (exact) mass is 260 g/mol. The summed E-state index contributed by atoms with van der Waals surface area (Å²) in [6, 6.07) is 11.0. The summed E-state index contributed by atoms with van der Waals surface area (Å²) in [4.78, 5) is 0. The van der Waals surface area contributed by atoms with Gasteiger partial charge in [0.05, 0.1) is 13.2 Å². The molecule has 0 amide bonds. The van der Waals surface area contributed by atoms with Gasteiger partial charge in [-0.3, -0.25) is 0 Å². The van der Waals surface area contributed by atoms with Crippen LogP contribution in [0.5, 0.6) is 0 Å². The van der Waals surface area contributed by atoms with E-state index in [4.69, 9.17) is 9.47 Å². The molecule has 2 aliphatic rings. The molecule has 1 aliphatic heterocycles. The molecule has 0 bridgehead atoms. The fourth-order valence-corrected chi connectivity index (χ4v) is 3.46. The van der Waals surface area contributed by atoms with Crippen LogP contribution in [0.3, 0.4) is 0 Å². The predicted octanol–water partition coefficient (Wildman–Crippen LogP) is 4.11. The molecule has 0 atom stereocenters. The fraction of sp³-hybridized carbons (Fsp3) is 0.647. The molecule has 0 radical (unpaired) electrons. The molecule has 0 N–H and O–H groups in total. The first-order valence-corrected chi connectivity index (χ1v) is 7.70. The lowest BCUT2D eigenvalue weighted by Gasteiger charge is -2.29. The van der Waals surface area contributed by atoms with Crippen LogP contribution in [0.25, 0.3) is 0 Å². The number of hydrogen-bond donors (Lipinski definition) is 0. The van der Waals surface area contributed by atoms with E-state index in [9.17, 15) is 0 Å². The first-order chi connectivity index (χ1) is 9.42. The molecule has 2 heteroatoms. The smallest absolute Gasteiger partial charge is 0.157 e. The first kappa shape index (κ1) is 13.1. The van der Waals surface area contributed by atoms with Crippen LogP contribution in [0.15, 0.2) is 30.3 Å². The molecule has 1 heterocycles. The van der Waals surface area contributed by atoms with Gasteiger partial charge in [-0.05, 0) is 55.9 Å². The van der Waals surface area contributed by atoms with Gasteiger partial charge in [-0.2, -0.15) is 0 Å². The number of rotatable bonds is 4. The standard InChI is InChI=1S/C17H24O2/c1-2-4-15(5-3-1)16-9-6-14(7-10-16)8-11-17-18-12-13-19-17/h1-5,14,16-17H,6-13H2. The minimum atomic E-state index is 0.0897. The number of ether oxygens (including phenoxy) is 2. The second kappa shape index (κ2) is 6.53. The highest BCUT2D eigenvalue weighted by Crippen LogP contribution is 2.37. The Morgan fingerprint density at radius 1 is 0.842 bits per heavy atom. The molecule has 1 aromatic carbocycles. The van der Waals surface area contributed by atoms with Crippen molar-refractivity contribution in [2.75, 3.05) is 13.2 Å². The Labute approximate surface area is 116 Å². The molecule has 1 aromatic rings. The van der Waals surface area contributed by atoms with Gasteiger partial charge in [0.25, 0.3) is 0 Å². The molecule has 2 nitrogen and oxygen atoms in total. The van der Waals surface area contributed by atoms with Gasteiger partial charge in [0, 0.05) is 0 Å². The molecule has 1 aliphatic carbocycles. The fourth-order valence-electron chi connectivity index (χ4n) is 3.46. The highest BCUT2D eigenvalue weighted by Gasteiger charge is 2.24. The lowest BCUT2D eigenvalue weighted by Crippen LogP contribution is -2.16. The largest absolute Gasteiger partial charge is 0.350 e. The third kappa shape index (κ3) is 3.58. The summed E-state index contributed by atoms with van der Waals surface area (Å²) in [6.45, 7) is 1.57. The molecule has 19 heavy (non-hydrogen) atoms. The summed E-state index contributed by atoms with van der Waals surface area (Å²) < 4.78 is 11.0. The molecule has 1 saturated heterocycles. The Balaban J connectivity index is 1.42. The second-order valence-corrected chi connectivity index (χ2v) is 5.88. The first-order valence-electron chi connectivity index (χ1n) is 7.70. The maximum absolute atomic E-state index is 5.51. The van der Waals surface area contributed by atoms with Crippen molar-refractivity contribution >= 4 is 0 Å². The minimum Gasteiger partial charge on any atom is -0.350 e. The molecule has 1 saturated carbocycles. The van der Waals surface area contributed by atoms with Crippen molar-refractivity contribution in [2.24, 2.45) is 5.92 Å². The summed E-state index contributed by atoms with van der Waals surface area (Å²) in [5, 5.41) is 0. The third-order valence-corrected chi connectivity index (χ3v) is 4.62. The Kier molecular flexibility index (Phi) is 4.52. The van der Waals surface area contributed by atoms with Crippen LogP contribution in [0.4, 0.5) is 0 Å². The van der Waals surface area contributed by atoms with E-state index in [-0.39, 0.29) is 6.29 Å². The predicted molar refractivity (Wildman–Crippen MR) is 76.1 cm³/mol. The Bertz CT molecular complexity index is 362. The van der Waals surface area contributed by atoms with Crippen LogP contribution in [0.2, 0.25) is 0 Å². The van der Waals surface area contributed by atoms with Gasteiger partial charge in [0.2, 0.25) is 0 Å². The van der Waals surface area contributed by atoms with Gasteiger partial charge < -0.3 is 9.47 Å². The van der Waals surface area contributed by atoms with Gasteiger partial charge in [-0.15, -0.1) is 0 Å². The minimum absolute atomic E-state index is 0.0897. The molecule has 0 aromatic heterocycles. The maximum Gasteiger partial charge on any atom is 0.157 e. The molecule has 3 rings (SSSR count). The highest BCUT2D eigenvalue weighted by atomic mass is 16.7. The van der Waals surface area contributed by atoms with E-state index in [0.717, 1.165) is 31.5 Å². The van der Waals surface area contributed by atoms with E-state index in [1.807, 2.05) is 0 Å². The van der Waals surface area contributed by atoms with E-state index >= 15 is 0 Å². The average Bonchev–Trinajstić information content (AvgIpc) is 3.00. The van der Waals surface area contributed by atoms with Crippen molar-refractivity contribution in [3.63, 3.8) is 0 Å². The topological polar surface area (TPSA) is 18.5 Å². The van der Waals surface area contributed by atoms with Crippen LogP contribution >= 0.6 is 0 Å². The van der Waals surface area contributed by atoms with Gasteiger partial charge in [0.15, 0.2) is 6.29 Å². The second-order valence-electron chi connectivity index (χ2n) is 5.88. The van der Waals surface area contributed by atoms with E-state index in [0.29, 0.717) is 0 Å². The van der Waals surface area contributed by atoms with Crippen molar-refractivity contribution in [1.29, 1.82) is 0 Å². The van der Waals surface area contributed by atoms with Gasteiger partial charge >= 0.3 is 0 Å². The summed E-state index contributed by atoms with van der Waals surface area (Å²) in [7, 11) is 0. The van der Waals surface area contributed by atoms with Crippen LogP contribution in [-0.2, 0) is 9.47 Å². The summed E-state index contributed by atoms with van der Waals surface area (Å²) in [6.07, 6.45) is 7.87. The molecule has 104 valence electrons. The van der Waals surface area contributed by atoms with Crippen molar-refractivity contribution in [2.45, 2.75) is 50.7 Å². The summed E-state index contributed by atoms with van der Waals surface area (Å²) in [5.41, 5.74) is 1.53. The highest BCUT2D eigenvalue weighted by molar-refractivity contribution is 5.19. The van der Waals surface area contributed by atoms with Crippen LogP contribution < -0.4 is 0 Å². The quantitative estimate of drug-likeness (QED) is 0.811. The van der Waals surface area contributed by atoms with Crippen molar-refractivity contribution in [3.8, 4) is 0 Å². The van der Waals surface area contributed by atoms with Gasteiger partial charge in [0.1, 0.15) is 0 Å². The van der Waals surface area contributed by atoms with E-state index in [1.54, 1.807) is 0 Å². The molecular weight excluding hydrogens is 236 g/mol. The van der Waals surface area contributed by atoms with Crippen molar-refractivity contribution < 1.29 is 9.47 Å². The normalized spacial score (nSPS) is 28.6.